The molecule has 1 atom stereocenters. The smallest absolute Gasteiger partial charge is 0.475 e. The number of halogens is 4. The lowest BCUT2D eigenvalue weighted by Crippen LogP contribution is -2.36. The molecule has 0 saturated carbocycles. The van der Waals surface area contributed by atoms with Crippen LogP contribution >= 0.6 is 0 Å². The Labute approximate surface area is 182 Å². The number of rotatable bonds is 4. The first kappa shape index (κ1) is 23.8. The molecule has 4 rings (SSSR count). The molecule has 1 aromatic carbocycles. The van der Waals surface area contributed by atoms with E-state index in [0.29, 0.717) is 6.54 Å². The molecular formula is C22H24F4N2O4. The van der Waals surface area contributed by atoms with Crippen LogP contribution in [-0.4, -0.2) is 52.6 Å². The molecule has 2 aliphatic rings. The van der Waals surface area contributed by atoms with E-state index in [1.54, 1.807) is 6.07 Å². The molecule has 2 aromatic rings. The third-order valence-corrected chi connectivity index (χ3v) is 5.71. The Bertz CT molecular complexity index is 975. The molecule has 10 heteroatoms. The molecule has 1 unspecified atom stereocenters. The van der Waals surface area contributed by atoms with Gasteiger partial charge in [0.25, 0.3) is 0 Å². The highest BCUT2D eigenvalue weighted by atomic mass is 19.4. The molecule has 32 heavy (non-hydrogen) atoms. The molecule has 1 amide bonds. The lowest BCUT2D eigenvalue weighted by atomic mass is 9.85. The van der Waals surface area contributed by atoms with Gasteiger partial charge in [-0.2, -0.15) is 13.2 Å². The molecule has 2 saturated heterocycles. The van der Waals surface area contributed by atoms with Crippen molar-refractivity contribution in [2.45, 2.75) is 39.0 Å². The maximum atomic E-state index is 13.4. The van der Waals surface area contributed by atoms with Gasteiger partial charge in [0.2, 0.25) is 5.91 Å². The van der Waals surface area contributed by atoms with E-state index < -0.39 is 12.1 Å². The zero-order valence-electron chi connectivity index (χ0n) is 17.5. The third kappa shape index (κ3) is 5.67. The van der Waals surface area contributed by atoms with Gasteiger partial charge >= 0.3 is 12.1 Å². The van der Waals surface area contributed by atoms with E-state index in [1.165, 1.54) is 12.1 Å². The fourth-order valence-corrected chi connectivity index (χ4v) is 4.16. The average molecular weight is 456 g/mol. The Morgan fingerprint density at radius 2 is 1.84 bits per heavy atom. The third-order valence-electron chi connectivity index (χ3n) is 5.71. The predicted octanol–water partition coefficient (Wildman–Crippen LogP) is 3.99. The summed E-state index contributed by atoms with van der Waals surface area (Å²) in [6, 6.07) is 10.5. The first-order chi connectivity index (χ1) is 15.0. The van der Waals surface area contributed by atoms with Crippen molar-refractivity contribution in [1.29, 1.82) is 0 Å². The molecular weight excluding hydrogens is 432 g/mol. The highest BCUT2D eigenvalue weighted by Gasteiger charge is 2.50. The van der Waals surface area contributed by atoms with Crippen molar-refractivity contribution < 1.29 is 36.7 Å². The predicted molar refractivity (Wildman–Crippen MR) is 106 cm³/mol. The molecule has 6 nitrogen and oxygen atoms in total. The van der Waals surface area contributed by atoms with Gasteiger partial charge in [0.15, 0.2) is 0 Å². The van der Waals surface area contributed by atoms with Crippen LogP contribution in [0.4, 0.5) is 17.6 Å². The maximum absolute atomic E-state index is 13.4. The van der Waals surface area contributed by atoms with E-state index in [9.17, 15) is 22.4 Å². The quantitative estimate of drug-likeness (QED) is 0.705. The van der Waals surface area contributed by atoms with Gasteiger partial charge in [0.05, 0.1) is 12.0 Å². The topological polar surface area (TPSA) is 74.0 Å². The molecule has 1 spiro atoms. The van der Waals surface area contributed by atoms with E-state index in [2.05, 4.69) is 4.90 Å². The number of likely N-dealkylation sites (tertiary alicyclic amines) is 2. The van der Waals surface area contributed by atoms with Crippen LogP contribution in [0.15, 0.2) is 40.8 Å². The normalized spacial score (nSPS) is 21.2. The summed E-state index contributed by atoms with van der Waals surface area (Å²) in [6.07, 6.45) is -3.31. The molecule has 2 aliphatic heterocycles. The van der Waals surface area contributed by atoms with Gasteiger partial charge in [0, 0.05) is 19.6 Å². The number of aliphatic carboxylic acids is 1. The van der Waals surface area contributed by atoms with Gasteiger partial charge in [-0.25, -0.2) is 9.18 Å². The van der Waals surface area contributed by atoms with Gasteiger partial charge in [-0.15, -0.1) is 0 Å². The Balaban J connectivity index is 0.000000360. The van der Waals surface area contributed by atoms with Crippen LogP contribution in [0.2, 0.25) is 0 Å². The summed E-state index contributed by atoms with van der Waals surface area (Å²) < 4.78 is 50.8. The minimum absolute atomic E-state index is 0.217. The van der Waals surface area contributed by atoms with Gasteiger partial charge in [-0.3, -0.25) is 9.69 Å². The monoisotopic (exact) mass is 456 g/mol. The molecule has 1 aromatic heterocycles. The van der Waals surface area contributed by atoms with Crippen LogP contribution in [0.3, 0.4) is 0 Å². The van der Waals surface area contributed by atoms with Gasteiger partial charge < -0.3 is 14.4 Å². The summed E-state index contributed by atoms with van der Waals surface area (Å²) in [7, 11) is 0. The first-order valence-corrected chi connectivity index (χ1v) is 10.1. The van der Waals surface area contributed by atoms with E-state index in [-0.39, 0.29) is 17.1 Å². The molecule has 0 radical (unpaired) electrons. The molecule has 0 aliphatic carbocycles. The fraction of sp³-hybridized carbons (Fsp3) is 0.455. The number of hydrogen-bond acceptors (Lipinski definition) is 4. The molecule has 174 valence electrons. The number of hydrogen-bond donors (Lipinski definition) is 1. The number of carboxylic acids is 1. The molecule has 0 bridgehead atoms. The number of amides is 1. The highest BCUT2D eigenvalue weighted by molar-refractivity contribution is 5.85. The highest BCUT2D eigenvalue weighted by Crippen LogP contribution is 2.41. The van der Waals surface area contributed by atoms with Crippen LogP contribution in [0, 0.1) is 18.2 Å². The number of carboxylic acid groups (broad SMARTS) is 1. The zero-order chi connectivity index (χ0) is 23.5. The van der Waals surface area contributed by atoms with Crippen molar-refractivity contribution in [3.05, 3.63) is 59.3 Å². The van der Waals surface area contributed by atoms with Crippen LogP contribution in [0.1, 0.15) is 29.9 Å². The number of nitrogens with zero attached hydrogens (tertiary/aromatic N) is 2. The van der Waals surface area contributed by atoms with Crippen molar-refractivity contribution in [1.82, 2.24) is 9.80 Å². The number of benzene rings is 1. The number of alkyl halides is 3. The van der Waals surface area contributed by atoms with Crippen LogP contribution in [-0.2, 0) is 22.7 Å². The Kier molecular flexibility index (Phi) is 6.92. The molecule has 3 heterocycles. The summed E-state index contributed by atoms with van der Waals surface area (Å²) in [4.78, 5) is 26.1. The summed E-state index contributed by atoms with van der Waals surface area (Å²) in [6.45, 7) is 5.65. The van der Waals surface area contributed by atoms with E-state index in [4.69, 9.17) is 14.3 Å². The minimum Gasteiger partial charge on any atom is -0.475 e. The number of carbonyl (C=O) groups excluding carboxylic acids is 1. The van der Waals surface area contributed by atoms with Crippen LogP contribution in [0.5, 0.6) is 0 Å². The van der Waals surface area contributed by atoms with Crippen molar-refractivity contribution >= 4 is 11.9 Å². The van der Waals surface area contributed by atoms with Crippen molar-refractivity contribution in [3.63, 3.8) is 0 Å². The standard InChI is InChI=1S/C20H23FN2O2.C2HF3O2/c1-15-5-6-18(25-15)13-22-9-7-20(14-22)8-10-23(19(20)24)12-16-3-2-4-17(21)11-16;3-2(4,5)1(6)7/h2-6,11H,7-10,12-14H2,1H3;(H,6,7). The zero-order valence-corrected chi connectivity index (χ0v) is 17.5. The van der Waals surface area contributed by atoms with Gasteiger partial charge in [-0.05, 0) is 56.1 Å². The second-order valence-electron chi connectivity index (χ2n) is 8.16. The minimum atomic E-state index is -5.08. The van der Waals surface area contributed by atoms with Gasteiger partial charge in [-0.1, -0.05) is 12.1 Å². The molecule has 2 fully saturated rings. The van der Waals surface area contributed by atoms with Crippen LogP contribution < -0.4 is 0 Å². The SMILES string of the molecule is Cc1ccc(CN2CCC3(CCN(Cc4cccc(F)c4)C3=O)C2)o1.O=C(O)C(F)(F)F. The summed E-state index contributed by atoms with van der Waals surface area (Å²) in [5, 5.41) is 7.12. The second kappa shape index (κ2) is 9.32. The lowest BCUT2D eigenvalue weighted by molar-refractivity contribution is -0.192. The fourth-order valence-electron chi connectivity index (χ4n) is 4.16. The van der Waals surface area contributed by atoms with Gasteiger partial charge in [0.1, 0.15) is 17.3 Å². The maximum Gasteiger partial charge on any atom is 0.490 e. The Morgan fingerprint density at radius 1 is 1.16 bits per heavy atom. The van der Waals surface area contributed by atoms with Crippen molar-refractivity contribution in [3.8, 4) is 0 Å². The average Bonchev–Trinajstić information content (AvgIpc) is 3.38. The van der Waals surface area contributed by atoms with Crippen molar-refractivity contribution in [2.75, 3.05) is 19.6 Å². The van der Waals surface area contributed by atoms with E-state index in [1.807, 2.05) is 30.0 Å². The Morgan fingerprint density at radius 3 is 2.44 bits per heavy atom. The number of carbonyl (C=O) groups is 2. The van der Waals surface area contributed by atoms with Crippen molar-refractivity contribution in [2.24, 2.45) is 5.41 Å². The lowest BCUT2D eigenvalue weighted by Gasteiger charge is -2.23. The molecule has 1 N–H and O–H groups in total. The Hall–Kier alpha value is -2.88. The number of aryl methyl sites for hydroxylation is 1. The van der Waals surface area contributed by atoms with Crippen LogP contribution in [0.25, 0.3) is 0 Å². The summed E-state index contributed by atoms with van der Waals surface area (Å²) in [5.74, 6) is -0.916. The second-order valence-corrected chi connectivity index (χ2v) is 8.16. The largest absolute Gasteiger partial charge is 0.490 e. The summed E-state index contributed by atoms with van der Waals surface area (Å²) >= 11 is 0. The van der Waals surface area contributed by atoms with E-state index >= 15 is 0 Å². The first-order valence-electron chi connectivity index (χ1n) is 10.1. The summed E-state index contributed by atoms with van der Waals surface area (Å²) in [5.41, 5.74) is 0.584. The number of furan rings is 1. The van der Waals surface area contributed by atoms with E-state index in [0.717, 1.165) is 56.1 Å².